The Hall–Kier alpha value is -5.59. The third-order valence-corrected chi connectivity index (χ3v) is 9.88. The van der Waals surface area contributed by atoms with Crippen LogP contribution >= 0.6 is 0 Å². The lowest BCUT2D eigenvalue weighted by atomic mass is 9.92. The molecule has 2 atom stereocenters. The number of carbonyl (C=O) groups excluding carboxylic acids is 2. The first kappa shape index (κ1) is 32.0. The maximum atomic E-state index is 17.8. The fourth-order valence-corrected chi connectivity index (χ4v) is 7.52. The second kappa shape index (κ2) is 11.2. The molecule has 0 saturated carbocycles. The minimum atomic E-state index is -0.978. The molecule has 1 saturated heterocycles. The number of carbonyl (C=O) groups is 2. The highest BCUT2D eigenvalue weighted by molar-refractivity contribution is 6.13. The predicted octanol–water partition coefficient (Wildman–Crippen LogP) is 5.10. The van der Waals surface area contributed by atoms with Crippen molar-refractivity contribution in [3.63, 3.8) is 0 Å². The van der Waals surface area contributed by atoms with E-state index in [2.05, 4.69) is 21.8 Å². The van der Waals surface area contributed by atoms with E-state index in [9.17, 15) is 9.59 Å². The van der Waals surface area contributed by atoms with Crippen molar-refractivity contribution in [3.8, 4) is 16.8 Å². The first-order valence-corrected chi connectivity index (χ1v) is 16.1. The Kier molecular flexibility index (Phi) is 7.34. The number of nitrogens with two attached hydrogens (primary N) is 1. The van der Waals surface area contributed by atoms with Gasteiger partial charge in [-0.3, -0.25) is 29.0 Å². The molecule has 11 nitrogen and oxygen atoms in total. The highest BCUT2D eigenvalue weighted by atomic mass is 19.1. The highest BCUT2D eigenvalue weighted by Gasteiger charge is 2.46. The summed E-state index contributed by atoms with van der Waals surface area (Å²) in [6.07, 6.45) is 2.81. The number of likely N-dealkylation sites (N-methyl/N-ethyl adjacent to an activating group) is 1. The van der Waals surface area contributed by atoms with E-state index in [1.165, 1.54) is 28.7 Å². The molecule has 1 fully saturated rings. The monoisotopic (exact) mass is 666 g/mol. The van der Waals surface area contributed by atoms with Crippen LogP contribution in [0.1, 0.15) is 43.5 Å². The van der Waals surface area contributed by atoms with Crippen LogP contribution in [0.25, 0.3) is 38.6 Å². The first-order valence-electron chi connectivity index (χ1n) is 16.1. The Balaban J connectivity index is 1.66. The number of pyridine rings is 2. The fourth-order valence-electron chi connectivity index (χ4n) is 7.52. The Morgan fingerprint density at radius 1 is 1.08 bits per heavy atom. The Bertz CT molecular complexity index is 2330. The number of nitrogens with zero attached hydrogens (tertiary/aromatic N) is 6. The normalized spacial score (nSPS) is 17.7. The molecular weight excluding hydrogens is 630 g/mol. The van der Waals surface area contributed by atoms with Gasteiger partial charge in [-0.1, -0.05) is 26.5 Å². The molecule has 49 heavy (non-hydrogen) atoms. The molecule has 3 aromatic heterocycles. The van der Waals surface area contributed by atoms with Crippen molar-refractivity contribution >= 4 is 50.8 Å². The Morgan fingerprint density at radius 3 is 2.51 bits per heavy atom. The number of nitrogen functional groups attached to an aromatic ring is 1. The smallest absolute Gasteiger partial charge is 0.281 e. The maximum Gasteiger partial charge on any atom is 0.281 e. The molecule has 0 aliphatic carbocycles. The Morgan fingerprint density at radius 2 is 1.82 bits per heavy atom. The average Bonchev–Trinajstić information content (AvgIpc) is 3.44. The van der Waals surface area contributed by atoms with Crippen molar-refractivity contribution in [2.45, 2.75) is 52.6 Å². The number of hydrogen-bond acceptors (Lipinski definition) is 7. The molecule has 3 N–H and O–H groups in total. The first-order chi connectivity index (χ1) is 23.3. The van der Waals surface area contributed by atoms with E-state index in [0.717, 1.165) is 0 Å². The number of fused-ring (bicyclic) bond motifs is 6. The number of benzene rings is 2. The van der Waals surface area contributed by atoms with Gasteiger partial charge < -0.3 is 20.4 Å². The summed E-state index contributed by atoms with van der Waals surface area (Å²) in [5.74, 6) is -2.74. The second-order valence-corrected chi connectivity index (χ2v) is 13.2. The summed E-state index contributed by atoms with van der Waals surface area (Å²) in [7, 11) is 1.47. The van der Waals surface area contributed by atoms with Gasteiger partial charge in [-0.05, 0) is 62.1 Å². The molecule has 0 spiro atoms. The third-order valence-electron chi connectivity index (χ3n) is 9.88. The van der Waals surface area contributed by atoms with E-state index < -0.39 is 35.2 Å². The van der Waals surface area contributed by atoms with E-state index >= 15 is 13.6 Å². The summed E-state index contributed by atoms with van der Waals surface area (Å²) in [4.78, 5) is 50.8. The predicted molar refractivity (Wildman–Crippen MR) is 186 cm³/mol. The van der Waals surface area contributed by atoms with Gasteiger partial charge in [0.2, 0.25) is 5.91 Å². The SMILES string of the molecule is C=CC(=O)N1C[C@@H]2C(=O)N(C)c3c(c4cc(F)c(-c5c(C)ccc6[nH]nc(N)c56)c(F)c4n(-c4c(C)ccnc4C(C)C)c3=O)N2C[C@H]1C. The number of anilines is 3. The summed E-state index contributed by atoms with van der Waals surface area (Å²) in [5.41, 5.74) is 7.99. The van der Waals surface area contributed by atoms with Crippen molar-refractivity contribution in [2.75, 3.05) is 35.7 Å². The van der Waals surface area contributed by atoms with Gasteiger partial charge in [0, 0.05) is 36.8 Å². The van der Waals surface area contributed by atoms with Crippen LogP contribution in [0.5, 0.6) is 0 Å². The third kappa shape index (κ3) is 4.47. The van der Waals surface area contributed by atoms with Gasteiger partial charge >= 0.3 is 0 Å². The molecule has 0 radical (unpaired) electrons. The zero-order chi connectivity index (χ0) is 35.2. The maximum absolute atomic E-state index is 17.8. The summed E-state index contributed by atoms with van der Waals surface area (Å²) in [6, 6.07) is 5.09. The number of amides is 2. The van der Waals surface area contributed by atoms with Crippen molar-refractivity contribution in [3.05, 3.63) is 81.9 Å². The van der Waals surface area contributed by atoms with E-state index in [1.54, 1.807) is 48.0 Å². The number of aromatic amines is 1. The average molecular weight is 667 g/mol. The molecule has 2 amide bonds. The van der Waals surface area contributed by atoms with Crippen molar-refractivity contribution in [1.82, 2.24) is 24.6 Å². The minimum absolute atomic E-state index is 0.00241. The van der Waals surface area contributed by atoms with E-state index in [0.29, 0.717) is 33.4 Å². The molecule has 5 heterocycles. The number of hydrogen-bond donors (Lipinski definition) is 2. The molecule has 0 bridgehead atoms. The number of aromatic nitrogens is 4. The van der Waals surface area contributed by atoms with Gasteiger partial charge in [-0.25, -0.2) is 8.78 Å². The molecule has 2 aromatic carbocycles. The number of rotatable bonds is 4. The standard InChI is InChI=1S/C36H36F2N8O3/c1-8-24(47)44-15-23-35(48)43(7)33-32(45(23)14-19(44)6)20-13-21(37)26(25-17(4)9-10-22-27(25)34(39)42-41-22)28(38)31(20)46(36(33)49)30-18(5)11-12-40-29(30)16(2)3/h8-13,16,19,23H,1,14-15H2,2-7H3,(H3,39,41,42)/t19-,23-/m1/s1. The lowest BCUT2D eigenvalue weighted by Gasteiger charge is -2.50. The number of halogens is 2. The number of aryl methyl sites for hydroxylation is 2. The number of H-pyrrole nitrogens is 1. The topological polar surface area (TPSA) is 133 Å². The largest absolute Gasteiger partial charge is 0.382 e. The van der Waals surface area contributed by atoms with Gasteiger partial charge in [0.05, 0.1) is 45.6 Å². The van der Waals surface area contributed by atoms with Gasteiger partial charge in [-0.2, -0.15) is 5.10 Å². The van der Waals surface area contributed by atoms with E-state index in [4.69, 9.17) is 5.73 Å². The van der Waals surface area contributed by atoms with Gasteiger partial charge in [-0.15, -0.1) is 0 Å². The molecule has 13 heteroatoms. The Labute approximate surface area is 280 Å². The van der Waals surface area contributed by atoms with E-state index in [1.807, 2.05) is 20.8 Å². The summed E-state index contributed by atoms with van der Waals surface area (Å²) in [5, 5.41) is 7.34. The summed E-state index contributed by atoms with van der Waals surface area (Å²) < 4.78 is 35.8. The lowest BCUT2D eigenvalue weighted by molar-refractivity contribution is -0.130. The molecule has 0 unspecified atom stereocenters. The fraction of sp³-hybridized carbons (Fsp3) is 0.306. The van der Waals surface area contributed by atoms with Crippen molar-refractivity contribution in [2.24, 2.45) is 0 Å². The van der Waals surface area contributed by atoms with Gasteiger partial charge in [0.25, 0.3) is 11.5 Å². The highest BCUT2D eigenvalue weighted by Crippen LogP contribution is 2.46. The second-order valence-electron chi connectivity index (χ2n) is 13.2. The molecule has 2 aliphatic heterocycles. The summed E-state index contributed by atoms with van der Waals surface area (Å²) >= 11 is 0. The van der Waals surface area contributed by atoms with Gasteiger partial charge in [0.1, 0.15) is 17.5 Å². The van der Waals surface area contributed by atoms with Crippen LogP contribution in [-0.4, -0.2) is 68.7 Å². The molecular formula is C36H36F2N8O3. The zero-order valence-electron chi connectivity index (χ0n) is 28.1. The quantitative estimate of drug-likeness (QED) is 0.255. The molecule has 7 rings (SSSR count). The van der Waals surface area contributed by atoms with Crippen LogP contribution in [0.4, 0.5) is 26.0 Å². The minimum Gasteiger partial charge on any atom is -0.382 e. The van der Waals surface area contributed by atoms with Crippen LogP contribution in [0, 0.1) is 25.5 Å². The van der Waals surface area contributed by atoms with Crippen LogP contribution in [0.3, 0.4) is 0 Å². The summed E-state index contributed by atoms with van der Waals surface area (Å²) in [6.45, 7) is 12.9. The molecule has 252 valence electrons. The van der Waals surface area contributed by atoms with Crippen LogP contribution in [0.15, 0.2) is 47.9 Å². The number of piperazine rings is 1. The zero-order valence-corrected chi connectivity index (χ0v) is 28.1. The van der Waals surface area contributed by atoms with E-state index in [-0.39, 0.29) is 64.1 Å². The van der Waals surface area contributed by atoms with Crippen LogP contribution < -0.4 is 21.1 Å². The molecule has 2 aliphatic rings. The van der Waals surface area contributed by atoms with Crippen molar-refractivity contribution < 1.29 is 18.4 Å². The molecule has 5 aromatic rings. The van der Waals surface area contributed by atoms with Gasteiger partial charge in [0.15, 0.2) is 11.6 Å². The van der Waals surface area contributed by atoms with Crippen LogP contribution in [-0.2, 0) is 9.59 Å². The lowest BCUT2D eigenvalue weighted by Crippen LogP contribution is -2.66. The van der Waals surface area contributed by atoms with Crippen molar-refractivity contribution in [1.29, 1.82) is 0 Å². The van der Waals surface area contributed by atoms with Crippen LogP contribution in [0.2, 0.25) is 0 Å². The number of nitrogens with one attached hydrogen (secondary N) is 1.